The average molecular weight is 448 g/mol. The molecule has 10 heteroatoms. The topological polar surface area (TPSA) is 121 Å². The summed E-state index contributed by atoms with van der Waals surface area (Å²) in [6, 6.07) is 3.57. The van der Waals surface area contributed by atoms with Crippen LogP contribution in [0.25, 0.3) is 0 Å². The van der Waals surface area contributed by atoms with Crippen molar-refractivity contribution in [2.24, 2.45) is 5.73 Å². The molecule has 3 amide bonds. The molecule has 0 radical (unpaired) electrons. The van der Waals surface area contributed by atoms with Gasteiger partial charge in [-0.15, -0.1) is 0 Å². The van der Waals surface area contributed by atoms with Gasteiger partial charge in [0.15, 0.2) is 6.73 Å². The van der Waals surface area contributed by atoms with E-state index in [-0.39, 0.29) is 12.8 Å². The van der Waals surface area contributed by atoms with Gasteiger partial charge in [-0.25, -0.2) is 14.7 Å². The van der Waals surface area contributed by atoms with E-state index in [4.69, 9.17) is 10.5 Å². The van der Waals surface area contributed by atoms with E-state index in [1.54, 1.807) is 35.4 Å². The number of rotatable bonds is 4. The van der Waals surface area contributed by atoms with Crippen LogP contribution in [-0.4, -0.2) is 58.6 Å². The predicted molar refractivity (Wildman–Crippen MR) is 119 cm³/mol. The van der Waals surface area contributed by atoms with E-state index in [0.29, 0.717) is 41.6 Å². The van der Waals surface area contributed by atoms with Crippen molar-refractivity contribution in [2.45, 2.75) is 25.8 Å². The van der Waals surface area contributed by atoms with E-state index in [1.807, 2.05) is 17.9 Å². The Bertz CT molecular complexity index is 1160. The third-order valence-corrected chi connectivity index (χ3v) is 5.88. The third-order valence-electron chi connectivity index (χ3n) is 5.88. The number of nitrogens with zero attached hydrogens (tertiary/aromatic N) is 4. The number of nitrogens with two attached hydrogens (primary N) is 1. The van der Waals surface area contributed by atoms with E-state index in [0.717, 1.165) is 23.3 Å². The maximum absolute atomic E-state index is 13.6. The van der Waals surface area contributed by atoms with Crippen LogP contribution in [0.5, 0.6) is 0 Å². The maximum atomic E-state index is 13.6. The molecule has 1 aromatic rings. The highest BCUT2D eigenvalue weighted by Crippen LogP contribution is 2.41. The van der Waals surface area contributed by atoms with Crippen LogP contribution in [0.2, 0.25) is 0 Å². The zero-order valence-electron chi connectivity index (χ0n) is 18.2. The molecule has 0 atom stereocenters. The first-order valence-corrected chi connectivity index (χ1v) is 10.8. The normalized spacial score (nSPS) is 19.8. The lowest BCUT2D eigenvalue weighted by atomic mass is 10.1. The van der Waals surface area contributed by atoms with E-state index in [1.165, 1.54) is 6.20 Å². The summed E-state index contributed by atoms with van der Waals surface area (Å²) in [5.41, 5.74) is 7.24. The van der Waals surface area contributed by atoms with Crippen LogP contribution in [0.1, 0.15) is 30.1 Å². The molecule has 4 heterocycles. The molecule has 33 heavy (non-hydrogen) atoms. The second-order valence-electron chi connectivity index (χ2n) is 8.24. The highest BCUT2D eigenvalue weighted by atomic mass is 16.6. The van der Waals surface area contributed by atoms with Gasteiger partial charge in [-0.05, 0) is 37.5 Å². The Morgan fingerprint density at radius 3 is 2.91 bits per heavy atom. The Hall–Kier alpha value is -4.08. The number of amides is 3. The van der Waals surface area contributed by atoms with Crippen LogP contribution in [0.15, 0.2) is 65.4 Å². The Morgan fingerprint density at radius 2 is 2.15 bits per heavy atom. The number of primary amides is 1. The van der Waals surface area contributed by atoms with Gasteiger partial charge in [0, 0.05) is 31.5 Å². The molecular weight excluding hydrogens is 424 g/mol. The zero-order chi connectivity index (χ0) is 23.1. The van der Waals surface area contributed by atoms with Crippen LogP contribution in [-0.2, 0) is 9.53 Å². The summed E-state index contributed by atoms with van der Waals surface area (Å²) in [5.74, 6) is 0.141. The van der Waals surface area contributed by atoms with Gasteiger partial charge in [0.1, 0.15) is 11.6 Å². The Labute approximate surface area is 190 Å². The Balaban J connectivity index is 1.49. The highest BCUT2D eigenvalue weighted by Gasteiger charge is 2.44. The number of pyridine rings is 1. The molecule has 0 aromatic carbocycles. The van der Waals surface area contributed by atoms with Crippen LogP contribution >= 0.6 is 0 Å². The lowest BCUT2D eigenvalue weighted by Crippen LogP contribution is -2.43. The monoisotopic (exact) mass is 448 g/mol. The molecule has 1 saturated carbocycles. The van der Waals surface area contributed by atoms with E-state index in [9.17, 15) is 14.4 Å². The maximum Gasteiger partial charge on any atom is 0.423 e. The van der Waals surface area contributed by atoms with Crippen molar-refractivity contribution < 1.29 is 19.1 Å². The highest BCUT2D eigenvalue weighted by molar-refractivity contribution is 6.09. The van der Waals surface area contributed by atoms with Gasteiger partial charge in [-0.2, -0.15) is 0 Å². The molecule has 1 aromatic heterocycles. The van der Waals surface area contributed by atoms with E-state index >= 15 is 0 Å². The summed E-state index contributed by atoms with van der Waals surface area (Å²) in [5, 5.41) is 3.34. The number of imide groups is 1. The quantitative estimate of drug-likeness (QED) is 0.712. The fourth-order valence-corrected chi connectivity index (χ4v) is 4.14. The average Bonchev–Trinajstić information content (AvgIpc) is 3.65. The van der Waals surface area contributed by atoms with Gasteiger partial charge in [0.05, 0.1) is 16.8 Å². The molecule has 0 spiro atoms. The zero-order valence-corrected chi connectivity index (χ0v) is 18.2. The van der Waals surface area contributed by atoms with Gasteiger partial charge in [-0.3, -0.25) is 9.59 Å². The second kappa shape index (κ2) is 8.12. The second-order valence-corrected chi connectivity index (χ2v) is 8.24. The number of nitrogens with one attached hydrogen (secondary N) is 1. The van der Waals surface area contributed by atoms with Gasteiger partial charge in [-0.1, -0.05) is 18.2 Å². The van der Waals surface area contributed by atoms with E-state index < -0.39 is 17.9 Å². The third kappa shape index (κ3) is 3.73. The first kappa shape index (κ1) is 20.8. The standard InChI is InChI=1S/C23H24N6O4/c1-14-8-10-26-21-18(14)29(23(32)33-13-27-11-3-4-15(12-27)19(24)30)22(31)17-5-2-9-25-20(17)28(21)16-6-7-16/h2-5,8-9,12,16,26H,6-7,10-11,13H2,1H3,(H2,24,30). The number of carbonyl (C=O) groups is 3. The van der Waals surface area contributed by atoms with Crippen molar-refractivity contribution in [2.75, 3.05) is 24.7 Å². The molecule has 1 fully saturated rings. The summed E-state index contributed by atoms with van der Waals surface area (Å²) >= 11 is 0. The summed E-state index contributed by atoms with van der Waals surface area (Å²) in [7, 11) is 0. The molecule has 0 unspecified atom stereocenters. The van der Waals surface area contributed by atoms with Gasteiger partial charge in [0.2, 0.25) is 5.91 Å². The van der Waals surface area contributed by atoms with Crippen molar-refractivity contribution in [3.63, 3.8) is 0 Å². The molecule has 170 valence electrons. The van der Waals surface area contributed by atoms with Gasteiger partial charge < -0.3 is 25.6 Å². The molecule has 10 nitrogen and oxygen atoms in total. The van der Waals surface area contributed by atoms with Crippen LogP contribution in [0.4, 0.5) is 10.6 Å². The van der Waals surface area contributed by atoms with Gasteiger partial charge >= 0.3 is 6.09 Å². The first-order valence-electron chi connectivity index (χ1n) is 10.8. The molecule has 0 saturated heterocycles. The van der Waals surface area contributed by atoms with E-state index in [2.05, 4.69) is 10.3 Å². The fourth-order valence-electron chi connectivity index (χ4n) is 4.14. The number of dihydropyridines is 1. The number of fused-ring (bicyclic) bond motifs is 1. The number of allylic oxidation sites excluding steroid dienone is 1. The molecule has 4 aliphatic rings. The van der Waals surface area contributed by atoms with Crippen molar-refractivity contribution in [3.05, 3.63) is 71.0 Å². The summed E-state index contributed by atoms with van der Waals surface area (Å²) in [4.78, 5) is 47.6. The van der Waals surface area contributed by atoms with Crippen molar-refractivity contribution in [1.82, 2.24) is 20.1 Å². The summed E-state index contributed by atoms with van der Waals surface area (Å²) in [6.07, 6.45) is 9.63. The number of aromatic nitrogens is 1. The number of hydrogen-bond donors (Lipinski definition) is 2. The minimum atomic E-state index is -0.806. The van der Waals surface area contributed by atoms with Crippen molar-refractivity contribution in [3.8, 4) is 0 Å². The minimum Gasteiger partial charge on any atom is -0.427 e. The van der Waals surface area contributed by atoms with Crippen LogP contribution in [0.3, 0.4) is 0 Å². The summed E-state index contributed by atoms with van der Waals surface area (Å²) in [6.45, 7) is 2.74. The molecule has 3 aliphatic heterocycles. The SMILES string of the molecule is CC1=CCNC2=C1N(C(=O)OCN1C=C(C(N)=O)C=CC1)C(=O)c1cccnc1N2C1CC1. The summed E-state index contributed by atoms with van der Waals surface area (Å²) < 4.78 is 5.53. The number of anilines is 1. The van der Waals surface area contributed by atoms with Crippen LogP contribution in [0, 0.1) is 0 Å². The van der Waals surface area contributed by atoms with Crippen molar-refractivity contribution in [1.29, 1.82) is 0 Å². The fraction of sp³-hybridized carbons (Fsp3) is 0.304. The molecule has 5 rings (SSSR count). The largest absolute Gasteiger partial charge is 0.427 e. The van der Waals surface area contributed by atoms with Crippen molar-refractivity contribution >= 4 is 23.7 Å². The lowest BCUT2D eigenvalue weighted by molar-refractivity contribution is -0.114. The molecular formula is C23H24N6O4. The molecule has 3 N–H and O–H groups in total. The minimum absolute atomic E-state index is 0.144. The predicted octanol–water partition coefficient (Wildman–Crippen LogP) is 1.56. The Kier molecular flexibility index (Phi) is 5.12. The first-order chi connectivity index (χ1) is 16.0. The number of hydrogen-bond acceptors (Lipinski definition) is 8. The molecule has 1 aliphatic carbocycles. The molecule has 0 bridgehead atoms. The lowest BCUT2D eigenvalue weighted by Gasteiger charge is -2.32. The smallest absolute Gasteiger partial charge is 0.423 e. The number of ether oxygens (including phenoxy) is 1. The Morgan fingerprint density at radius 1 is 1.33 bits per heavy atom. The van der Waals surface area contributed by atoms with Gasteiger partial charge in [0.25, 0.3) is 5.91 Å². The number of carbonyl (C=O) groups excluding carboxylic acids is 3. The van der Waals surface area contributed by atoms with Crippen LogP contribution < -0.4 is 16.0 Å².